The van der Waals surface area contributed by atoms with E-state index in [2.05, 4.69) is 53.3 Å². The molecular weight excluding hydrogens is 314 g/mol. The Morgan fingerprint density at radius 1 is 1.40 bits per heavy atom. The van der Waals surface area contributed by atoms with E-state index in [9.17, 15) is 0 Å². The number of benzene rings is 1. The molecule has 1 saturated carbocycles. The van der Waals surface area contributed by atoms with Crippen molar-refractivity contribution in [3.8, 4) is 0 Å². The highest BCUT2D eigenvalue weighted by Gasteiger charge is 2.35. The molecule has 1 aromatic rings. The van der Waals surface area contributed by atoms with Gasteiger partial charge in [-0.3, -0.25) is 0 Å². The molecule has 20 heavy (non-hydrogen) atoms. The fourth-order valence-corrected chi connectivity index (χ4v) is 3.55. The highest BCUT2D eigenvalue weighted by Crippen LogP contribution is 2.36. The van der Waals surface area contributed by atoms with E-state index in [1.807, 2.05) is 6.07 Å². The van der Waals surface area contributed by atoms with Gasteiger partial charge in [-0.1, -0.05) is 60.8 Å². The normalized spacial score (nSPS) is 26.6. The Hall–Kier alpha value is -0.380. The van der Waals surface area contributed by atoms with Crippen LogP contribution in [-0.4, -0.2) is 18.7 Å². The molecule has 2 nitrogen and oxygen atoms in total. The molecule has 0 saturated heterocycles. The highest BCUT2D eigenvalue weighted by atomic mass is 79.9. The fraction of sp³-hybridized carbons (Fsp3) is 0.647. The van der Waals surface area contributed by atoms with Crippen LogP contribution in [0.1, 0.15) is 45.1 Å². The van der Waals surface area contributed by atoms with E-state index in [4.69, 9.17) is 4.74 Å². The van der Waals surface area contributed by atoms with Crippen molar-refractivity contribution in [3.63, 3.8) is 0 Å². The second kappa shape index (κ2) is 7.58. The summed E-state index contributed by atoms with van der Waals surface area (Å²) < 4.78 is 7.56. The molecule has 1 fully saturated rings. The zero-order chi connectivity index (χ0) is 14.4. The fourth-order valence-electron chi connectivity index (χ4n) is 3.15. The van der Waals surface area contributed by atoms with Crippen LogP contribution in [0.5, 0.6) is 0 Å². The number of hydrogen-bond donors (Lipinski definition) is 1. The molecule has 0 bridgehead atoms. The second-order valence-corrected chi connectivity index (χ2v) is 6.90. The topological polar surface area (TPSA) is 21.3 Å². The standard InChI is InChI=1S/C17H26BrNO/c1-3-19-13-17(10-6-7-14(2)11-17)20-12-15-8-4-5-9-16(15)18/h4-5,8-9,14,19H,3,6-7,10-13H2,1-2H3. The van der Waals surface area contributed by atoms with Crippen LogP contribution in [0.25, 0.3) is 0 Å². The molecule has 1 aliphatic rings. The summed E-state index contributed by atoms with van der Waals surface area (Å²) in [5.74, 6) is 0.765. The molecule has 1 N–H and O–H groups in total. The lowest BCUT2D eigenvalue weighted by atomic mass is 9.78. The molecule has 1 aliphatic carbocycles. The van der Waals surface area contributed by atoms with Crippen molar-refractivity contribution in [1.29, 1.82) is 0 Å². The lowest BCUT2D eigenvalue weighted by molar-refractivity contribution is -0.0888. The van der Waals surface area contributed by atoms with Crippen LogP contribution >= 0.6 is 15.9 Å². The Labute approximate surface area is 131 Å². The quantitative estimate of drug-likeness (QED) is 0.822. The van der Waals surface area contributed by atoms with Gasteiger partial charge in [0.25, 0.3) is 0 Å². The summed E-state index contributed by atoms with van der Waals surface area (Å²) in [5, 5.41) is 3.49. The molecule has 0 aliphatic heterocycles. The summed E-state index contributed by atoms with van der Waals surface area (Å²) in [4.78, 5) is 0. The van der Waals surface area contributed by atoms with Crippen molar-refractivity contribution < 1.29 is 4.74 Å². The Bertz CT molecular complexity index is 423. The molecule has 0 spiro atoms. The molecular formula is C17H26BrNO. The monoisotopic (exact) mass is 339 g/mol. The van der Waals surface area contributed by atoms with E-state index < -0.39 is 0 Å². The lowest BCUT2D eigenvalue weighted by Crippen LogP contribution is -2.46. The van der Waals surface area contributed by atoms with Gasteiger partial charge in [0.15, 0.2) is 0 Å². The maximum atomic E-state index is 6.42. The van der Waals surface area contributed by atoms with Crippen LogP contribution in [0.3, 0.4) is 0 Å². The SMILES string of the molecule is CCNCC1(OCc2ccccc2Br)CCCC(C)C1. The zero-order valence-electron chi connectivity index (χ0n) is 12.6. The number of nitrogens with one attached hydrogen (secondary N) is 1. The van der Waals surface area contributed by atoms with E-state index in [0.717, 1.165) is 23.5 Å². The molecule has 2 atom stereocenters. The van der Waals surface area contributed by atoms with E-state index in [1.165, 1.54) is 31.2 Å². The molecule has 0 amide bonds. The van der Waals surface area contributed by atoms with Crippen molar-refractivity contribution >= 4 is 15.9 Å². The van der Waals surface area contributed by atoms with Gasteiger partial charge in [-0.05, 0) is 36.9 Å². The number of ether oxygens (including phenoxy) is 1. The summed E-state index contributed by atoms with van der Waals surface area (Å²) >= 11 is 3.61. The number of hydrogen-bond acceptors (Lipinski definition) is 2. The molecule has 0 heterocycles. The third-order valence-corrected chi connectivity index (χ3v) is 5.01. The summed E-state index contributed by atoms with van der Waals surface area (Å²) in [6.45, 7) is 7.18. The third kappa shape index (κ3) is 4.31. The van der Waals surface area contributed by atoms with Crippen LogP contribution < -0.4 is 5.32 Å². The van der Waals surface area contributed by atoms with Crippen LogP contribution in [0.15, 0.2) is 28.7 Å². The van der Waals surface area contributed by atoms with Gasteiger partial charge in [0.05, 0.1) is 12.2 Å². The van der Waals surface area contributed by atoms with Crippen molar-refractivity contribution in [2.24, 2.45) is 5.92 Å². The maximum absolute atomic E-state index is 6.42. The van der Waals surface area contributed by atoms with E-state index >= 15 is 0 Å². The summed E-state index contributed by atoms with van der Waals surface area (Å²) in [5.41, 5.74) is 1.25. The molecule has 112 valence electrons. The first kappa shape index (κ1) is 16.0. The Morgan fingerprint density at radius 3 is 2.90 bits per heavy atom. The van der Waals surface area contributed by atoms with Crippen LogP contribution in [0, 0.1) is 5.92 Å². The third-order valence-electron chi connectivity index (χ3n) is 4.24. The highest BCUT2D eigenvalue weighted by molar-refractivity contribution is 9.10. The van der Waals surface area contributed by atoms with E-state index in [-0.39, 0.29) is 5.60 Å². The Balaban J connectivity index is 2.02. The van der Waals surface area contributed by atoms with Crippen LogP contribution in [0.2, 0.25) is 0 Å². The van der Waals surface area contributed by atoms with Gasteiger partial charge < -0.3 is 10.1 Å². The first-order valence-corrected chi connectivity index (χ1v) is 8.52. The molecule has 0 radical (unpaired) electrons. The first-order chi connectivity index (χ1) is 9.65. The smallest absolute Gasteiger partial charge is 0.0813 e. The number of halogens is 1. The van der Waals surface area contributed by atoms with E-state index in [1.54, 1.807) is 0 Å². The van der Waals surface area contributed by atoms with Gasteiger partial charge in [0, 0.05) is 11.0 Å². The van der Waals surface area contributed by atoms with Gasteiger partial charge in [-0.25, -0.2) is 0 Å². The number of rotatable bonds is 6. The lowest BCUT2D eigenvalue weighted by Gasteiger charge is -2.40. The van der Waals surface area contributed by atoms with Crippen molar-refractivity contribution in [3.05, 3.63) is 34.3 Å². The minimum Gasteiger partial charge on any atom is -0.369 e. The summed E-state index contributed by atoms with van der Waals surface area (Å²) in [6.07, 6.45) is 4.97. The summed E-state index contributed by atoms with van der Waals surface area (Å²) in [6, 6.07) is 8.34. The van der Waals surface area contributed by atoms with Crippen molar-refractivity contribution in [2.45, 2.75) is 51.7 Å². The summed E-state index contributed by atoms with van der Waals surface area (Å²) in [7, 11) is 0. The predicted octanol–water partition coefficient (Wildman–Crippen LogP) is 4.52. The minimum absolute atomic E-state index is 0.0168. The minimum atomic E-state index is 0.0168. The van der Waals surface area contributed by atoms with Gasteiger partial charge in [0.2, 0.25) is 0 Å². The molecule has 2 rings (SSSR count). The van der Waals surface area contributed by atoms with Gasteiger partial charge >= 0.3 is 0 Å². The van der Waals surface area contributed by atoms with Crippen LogP contribution in [-0.2, 0) is 11.3 Å². The Morgan fingerprint density at radius 2 is 2.20 bits per heavy atom. The van der Waals surface area contributed by atoms with Gasteiger partial charge in [-0.15, -0.1) is 0 Å². The predicted molar refractivity (Wildman–Crippen MR) is 87.8 cm³/mol. The Kier molecular flexibility index (Phi) is 6.06. The molecule has 2 unspecified atom stereocenters. The second-order valence-electron chi connectivity index (χ2n) is 6.04. The molecule has 3 heteroatoms. The van der Waals surface area contributed by atoms with Crippen molar-refractivity contribution in [1.82, 2.24) is 5.32 Å². The van der Waals surface area contributed by atoms with Gasteiger partial charge in [0.1, 0.15) is 0 Å². The zero-order valence-corrected chi connectivity index (χ0v) is 14.2. The maximum Gasteiger partial charge on any atom is 0.0813 e. The van der Waals surface area contributed by atoms with Crippen molar-refractivity contribution in [2.75, 3.05) is 13.1 Å². The largest absolute Gasteiger partial charge is 0.369 e. The number of likely N-dealkylation sites (N-methyl/N-ethyl adjacent to an activating group) is 1. The molecule has 1 aromatic carbocycles. The van der Waals surface area contributed by atoms with E-state index in [0.29, 0.717) is 6.61 Å². The average molecular weight is 340 g/mol. The van der Waals surface area contributed by atoms with Gasteiger partial charge in [-0.2, -0.15) is 0 Å². The average Bonchev–Trinajstić information content (AvgIpc) is 2.45. The molecule has 0 aromatic heterocycles. The van der Waals surface area contributed by atoms with Crippen LogP contribution in [0.4, 0.5) is 0 Å². The first-order valence-electron chi connectivity index (χ1n) is 7.73.